The highest BCUT2D eigenvalue weighted by Crippen LogP contribution is 2.29. The van der Waals surface area contributed by atoms with E-state index in [0.29, 0.717) is 18.6 Å². The average molecular weight is 283 g/mol. The normalized spacial score (nSPS) is 11.0. The fraction of sp³-hybridized carbons (Fsp3) is 0.235. The summed E-state index contributed by atoms with van der Waals surface area (Å²) in [4.78, 5) is 0. The second kappa shape index (κ2) is 5.97. The quantitative estimate of drug-likeness (QED) is 0.781. The van der Waals surface area contributed by atoms with Gasteiger partial charge in [0.15, 0.2) is 5.58 Å². The van der Waals surface area contributed by atoms with Crippen LogP contribution >= 0.6 is 0 Å². The van der Waals surface area contributed by atoms with Gasteiger partial charge in [-0.15, -0.1) is 0 Å². The van der Waals surface area contributed by atoms with Crippen molar-refractivity contribution in [2.45, 2.75) is 20.0 Å². The first-order chi connectivity index (χ1) is 10.3. The summed E-state index contributed by atoms with van der Waals surface area (Å²) in [6.07, 6.45) is 0.456. The van der Waals surface area contributed by atoms with Crippen LogP contribution in [0.2, 0.25) is 0 Å². The Hall–Kier alpha value is -2.33. The van der Waals surface area contributed by atoms with Crippen molar-refractivity contribution in [3.8, 4) is 5.75 Å². The van der Waals surface area contributed by atoms with E-state index in [4.69, 9.17) is 14.4 Å². The number of fused-ring (bicyclic) bond motifs is 1. The molecule has 0 bridgehead atoms. The third-order valence-electron chi connectivity index (χ3n) is 3.39. The van der Waals surface area contributed by atoms with Crippen LogP contribution in [0.5, 0.6) is 5.75 Å². The lowest BCUT2D eigenvalue weighted by Gasteiger charge is -2.08. The minimum atomic E-state index is 0.0356. The third kappa shape index (κ3) is 2.90. The van der Waals surface area contributed by atoms with Gasteiger partial charge in [-0.1, -0.05) is 41.1 Å². The summed E-state index contributed by atoms with van der Waals surface area (Å²) >= 11 is 0. The molecule has 3 aromatic rings. The standard InChI is InChI=1S/C17H17NO3/c1-12-5-7-13(8-6-12)11-20-15-3-2-4-16-17(15)14(9-10-19)18-21-16/h2-8,19H,9-11H2,1H3. The number of rotatable bonds is 5. The van der Waals surface area contributed by atoms with Crippen molar-refractivity contribution in [1.29, 1.82) is 0 Å². The average Bonchev–Trinajstić information content (AvgIpc) is 2.91. The zero-order valence-corrected chi connectivity index (χ0v) is 11.9. The Morgan fingerprint density at radius 2 is 1.95 bits per heavy atom. The number of benzene rings is 2. The van der Waals surface area contributed by atoms with E-state index in [1.54, 1.807) is 0 Å². The lowest BCUT2D eigenvalue weighted by Crippen LogP contribution is -1.97. The van der Waals surface area contributed by atoms with Gasteiger partial charge in [0, 0.05) is 13.0 Å². The van der Waals surface area contributed by atoms with Gasteiger partial charge in [-0.2, -0.15) is 0 Å². The van der Waals surface area contributed by atoms with Crippen LogP contribution in [0, 0.1) is 6.92 Å². The molecule has 4 nitrogen and oxygen atoms in total. The van der Waals surface area contributed by atoms with E-state index in [-0.39, 0.29) is 6.61 Å². The van der Waals surface area contributed by atoms with Gasteiger partial charge in [-0.05, 0) is 24.6 Å². The van der Waals surface area contributed by atoms with Crippen molar-refractivity contribution < 1.29 is 14.4 Å². The van der Waals surface area contributed by atoms with E-state index in [9.17, 15) is 0 Å². The Kier molecular flexibility index (Phi) is 3.88. The van der Waals surface area contributed by atoms with Crippen molar-refractivity contribution >= 4 is 11.0 Å². The van der Waals surface area contributed by atoms with Gasteiger partial charge >= 0.3 is 0 Å². The molecule has 3 rings (SSSR count). The molecule has 0 fully saturated rings. The van der Waals surface area contributed by atoms with Gasteiger partial charge in [0.05, 0.1) is 11.1 Å². The summed E-state index contributed by atoms with van der Waals surface area (Å²) in [5.41, 5.74) is 3.75. The molecule has 1 N–H and O–H groups in total. The lowest BCUT2D eigenvalue weighted by molar-refractivity contribution is 0.294. The van der Waals surface area contributed by atoms with Gasteiger partial charge in [-0.3, -0.25) is 0 Å². The molecule has 0 amide bonds. The van der Waals surface area contributed by atoms with Gasteiger partial charge in [0.1, 0.15) is 12.4 Å². The number of aliphatic hydroxyl groups excluding tert-OH is 1. The Morgan fingerprint density at radius 1 is 1.14 bits per heavy atom. The zero-order valence-electron chi connectivity index (χ0n) is 11.9. The molecule has 0 aliphatic rings. The smallest absolute Gasteiger partial charge is 0.170 e. The Bertz CT molecular complexity index is 731. The van der Waals surface area contributed by atoms with Crippen LogP contribution in [0.25, 0.3) is 11.0 Å². The van der Waals surface area contributed by atoms with Crippen LogP contribution in [0.3, 0.4) is 0 Å². The number of aromatic nitrogens is 1. The summed E-state index contributed by atoms with van der Waals surface area (Å²) in [6, 6.07) is 13.9. The number of nitrogens with zero attached hydrogens (tertiary/aromatic N) is 1. The van der Waals surface area contributed by atoms with E-state index in [2.05, 4.69) is 36.3 Å². The van der Waals surface area contributed by atoms with Crippen molar-refractivity contribution in [1.82, 2.24) is 5.16 Å². The van der Waals surface area contributed by atoms with Gasteiger partial charge in [0.25, 0.3) is 0 Å². The molecule has 0 aliphatic carbocycles. The largest absolute Gasteiger partial charge is 0.488 e. The van der Waals surface area contributed by atoms with Crippen LogP contribution in [0.4, 0.5) is 0 Å². The van der Waals surface area contributed by atoms with Gasteiger partial charge in [0.2, 0.25) is 0 Å². The SMILES string of the molecule is Cc1ccc(COc2cccc3onc(CCO)c23)cc1. The first kappa shape index (κ1) is 13.6. The van der Waals surface area contributed by atoms with Gasteiger partial charge < -0.3 is 14.4 Å². The maximum Gasteiger partial charge on any atom is 0.170 e. The monoisotopic (exact) mass is 283 g/mol. The number of hydrogen-bond donors (Lipinski definition) is 1. The fourth-order valence-electron chi connectivity index (χ4n) is 2.26. The maximum absolute atomic E-state index is 9.10. The van der Waals surface area contributed by atoms with Crippen LogP contribution in [-0.4, -0.2) is 16.9 Å². The summed E-state index contributed by atoms with van der Waals surface area (Å²) in [7, 11) is 0. The molecular weight excluding hydrogens is 266 g/mol. The Labute approximate surface area is 123 Å². The Balaban J connectivity index is 1.86. The second-order valence-corrected chi connectivity index (χ2v) is 5.01. The molecular formula is C17H17NO3. The minimum absolute atomic E-state index is 0.0356. The number of aliphatic hydroxyl groups is 1. The van der Waals surface area contributed by atoms with Crippen molar-refractivity contribution in [3.05, 3.63) is 59.3 Å². The van der Waals surface area contributed by atoms with Crippen LogP contribution in [0.15, 0.2) is 47.0 Å². The molecule has 108 valence electrons. The molecule has 1 aromatic heterocycles. The minimum Gasteiger partial charge on any atom is -0.488 e. The predicted octanol–water partition coefficient (Wildman–Crippen LogP) is 3.25. The lowest BCUT2D eigenvalue weighted by atomic mass is 10.1. The van der Waals surface area contributed by atoms with E-state index in [0.717, 1.165) is 22.4 Å². The third-order valence-corrected chi connectivity index (χ3v) is 3.39. The topological polar surface area (TPSA) is 55.5 Å². The highest BCUT2D eigenvalue weighted by Gasteiger charge is 2.13. The maximum atomic E-state index is 9.10. The molecule has 21 heavy (non-hydrogen) atoms. The second-order valence-electron chi connectivity index (χ2n) is 5.01. The summed E-state index contributed by atoms with van der Waals surface area (Å²) < 4.78 is 11.2. The number of hydrogen-bond acceptors (Lipinski definition) is 4. The molecule has 0 unspecified atom stereocenters. The van der Waals surface area contributed by atoms with E-state index in [1.807, 2.05) is 18.2 Å². The molecule has 0 aliphatic heterocycles. The molecule has 2 aromatic carbocycles. The number of ether oxygens (including phenoxy) is 1. The van der Waals surface area contributed by atoms with Crippen LogP contribution in [-0.2, 0) is 13.0 Å². The highest BCUT2D eigenvalue weighted by molar-refractivity contribution is 5.86. The molecule has 0 atom stereocenters. The van der Waals surface area contributed by atoms with E-state index < -0.39 is 0 Å². The van der Waals surface area contributed by atoms with E-state index >= 15 is 0 Å². The highest BCUT2D eigenvalue weighted by atomic mass is 16.5. The zero-order chi connectivity index (χ0) is 14.7. The summed E-state index contributed by atoms with van der Waals surface area (Å²) in [5.74, 6) is 0.734. The molecule has 4 heteroatoms. The molecule has 0 radical (unpaired) electrons. The van der Waals surface area contributed by atoms with Crippen molar-refractivity contribution in [2.24, 2.45) is 0 Å². The molecule has 0 saturated heterocycles. The first-order valence-electron chi connectivity index (χ1n) is 6.94. The fourth-order valence-corrected chi connectivity index (χ4v) is 2.26. The number of aryl methyl sites for hydroxylation is 1. The van der Waals surface area contributed by atoms with Crippen molar-refractivity contribution in [2.75, 3.05) is 6.61 Å². The van der Waals surface area contributed by atoms with Crippen LogP contribution in [0.1, 0.15) is 16.8 Å². The van der Waals surface area contributed by atoms with Crippen molar-refractivity contribution in [3.63, 3.8) is 0 Å². The molecule has 0 spiro atoms. The Morgan fingerprint density at radius 3 is 2.71 bits per heavy atom. The van der Waals surface area contributed by atoms with Crippen LogP contribution < -0.4 is 4.74 Å². The molecule has 0 saturated carbocycles. The van der Waals surface area contributed by atoms with Gasteiger partial charge in [-0.25, -0.2) is 0 Å². The first-order valence-corrected chi connectivity index (χ1v) is 6.94. The summed E-state index contributed by atoms with van der Waals surface area (Å²) in [6.45, 7) is 2.58. The summed E-state index contributed by atoms with van der Waals surface area (Å²) in [5, 5.41) is 13.9. The predicted molar refractivity (Wildman–Crippen MR) is 80.3 cm³/mol. The molecule has 1 heterocycles. The van der Waals surface area contributed by atoms with E-state index in [1.165, 1.54) is 5.56 Å².